The van der Waals surface area contributed by atoms with Crippen LogP contribution >= 0.6 is 0 Å². The van der Waals surface area contributed by atoms with Gasteiger partial charge in [-0.25, -0.2) is 4.39 Å². The molecule has 0 saturated heterocycles. The molecule has 1 rings (SSSR count). The van der Waals surface area contributed by atoms with Crippen molar-refractivity contribution in [3.8, 4) is 0 Å². The summed E-state index contributed by atoms with van der Waals surface area (Å²) in [5.41, 5.74) is 6.78. The molecular formula is C12H19FN2. The van der Waals surface area contributed by atoms with E-state index in [1.54, 1.807) is 6.07 Å². The molecule has 2 N–H and O–H groups in total. The van der Waals surface area contributed by atoms with Crippen molar-refractivity contribution in [2.75, 3.05) is 17.2 Å². The van der Waals surface area contributed by atoms with Crippen LogP contribution in [0.5, 0.6) is 0 Å². The van der Waals surface area contributed by atoms with Gasteiger partial charge in [-0.2, -0.15) is 0 Å². The summed E-state index contributed by atoms with van der Waals surface area (Å²) < 4.78 is 13.3. The van der Waals surface area contributed by atoms with E-state index in [9.17, 15) is 4.39 Å². The van der Waals surface area contributed by atoms with Gasteiger partial charge in [0.05, 0.1) is 11.4 Å². The third kappa shape index (κ3) is 2.41. The van der Waals surface area contributed by atoms with E-state index in [-0.39, 0.29) is 11.5 Å². The third-order valence-electron chi connectivity index (χ3n) is 2.80. The van der Waals surface area contributed by atoms with Crippen molar-refractivity contribution < 1.29 is 4.39 Å². The molecule has 0 saturated carbocycles. The van der Waals surface area contributed by atoms with Crippen LogP contribution in [0.2, 0.25) is 0 Å². The normalized spacial score (nSPS) is 12.5. The number of benzene rings is 1. The number of rotatable bonds is 4. The second-order valence-corrected chi connectivity index (χ2v) is 3.72. The predicted molar refractivity (Wildman–Crippen MR) is 63.6 cm³/mol. The maximum atomic E-state index is 13.3. The quantitative estimate of drug-likeness (QED) is 0.774. The van der Waals surface area contributed by atoms with Crippen molar-refractivity contribution in [3.05, 3.63) is 24.0 Å². The van der Waals surface area contributed by atoms with Crippen molar-refractivity contribution in [2.24, 2.45) is 0 Å². The number of hydrogen-bond acceptors (Lipinski definition) is 2. The molecule has 15 heavy (non-hydrogen) atoms. The molecule has 1 aromatic rings. The standard InChI is InChI=1S/C12H19FN2/c1-4-9(3)15(5-2)11-8-6-7-10(13)12(11)14/h6-9H,4-5,14H2,1-3H3. The number of nitrogens with zero attached hydrogens (tertiary/aromatic N) is 1. The first-order valence-electron chi connectivity index (χ1n) is 5.42. The predicted octanol–water partition coefficient (Wildman–Crippen LogP) is 3.03. The molecule has 3 heteroatoms. The van der Waals surface area contributed by atoms with Crippen LogP contribution in [0.25, 0.3) is 0 Å². The van der Waals surface area contributed by atoms with E-state index in [1.807, 2.05) is 6.07 Å². The minimum absolute atomic E-state index is 0.250. The van der Waals surface area contributed by atoms with Crippen LogP contribution in [-0.2, 0) is 0 Å². The fourth-order valence-corrected chi connectivity index (χ4v) is 1.72. The zero-order valence-corrected chi connectivity index (χ0v) is 9.63. The van der Waals surface area contributed by atoms with Gasteiger partial charge in [0, 0.05) is 12.6 Å². The lowest BCUT2D eigenvalue weighted by molar-refractivity contribution is 0.616. The summed E-state index contributed by atoms with van der Waals surface area (Å²) in [6.07, 6.45) is 1.02. The number of anilines is 2. The largest absolute Gasteiger partial charge is 0.395 e. The summed E-state index contributed by atoms with van der Waals surface area (Å²) in [6, 6.07) is 5.34. The lowest BCUT2D eigenvalue weighted by Gasteiger charge is -2.30. The molecule has 0 aromatic heterocycles. The fourth-order valence-electron chi connectivity index (χ4n) is 1.72. The Morgan fingerprint density at radius 1 is 1.40 bits per heavy atom. The van der Waals surface area contributed by atoms with Gasteiger partial charge in [0.25, 0.3) is 0 Å². The first kappa shape index (κ1) is 11.8. The number of hydrogen-bond donors (Lipinski definition) is 1. The van der Waals surface area contributed by atoms with E-state index < -0.39 is 0 Å². The summed E-state index contributed by atoms with van der Waals surface area (Å²) >= 11 is 0. The molecule has 84 valence electrons. The van der Waals surface area contributed by atoms with Crippen LogP contribution in [0.1, 0.15) is 27.2 Å². The molecule has 0 fully saturated rings. The van der Waals surface area contributed by atoms with E-state index in [2.05, 4.69) is 25.7 Å². The minimum Gasteiger partial charge on any atom is -0.395 e. The summed E-state index contributed by atoms with van der Waals surface area (Å²) in [5.74, 6) is -0.339. The van der Waals surface area contributed by atoms with Crippen molar-refractivity contribution in [1.29, 1.82) is 0 Å². The minimum atomic E-state index is -0.339. The molecular weight excluding hydrogens is 191 g/mol. The molecule has 1 aromatic carbocycles. The van der Waals surface area contributed by atoms with Gasteiger partial charge in [-0.05, 0) is 32.4 Å². The smallest absolute Gasteiger partial charge is 0.148 e. The highest BCUT2D eigenvalue weighted by Crippen LogP contribution is 2.27. The molecule has 0 radical (unpaired) electrons. The SMILES string of the molecule is CCC(C)N(CC)c1cccc(F)c1N. The van der Waals surface area contributed by atoms with Crippen molar-refractivity contribution in [1.82, 2.24) is 0 Å². The molecule has 0 bridgehead atoms. The third-order valence-corrected chi connectivity index (χ3v) is 2.80. The Balaban J connectivity index is 3.07. The Labute approximate surface area is 90.9 Å². The molecule has 0 aliphatic carbocycles. The molecule has 0 aliphatic rings. The van der Waals surface area contributed by atoms with Crippen LogP contribution in [-0.4, -0.2) is 12.6 Å². The monoisotopic (exact) mass is 210 g/mol. The molecule has 0 amide bonds. The van der Waals surface area contributed by atoms with Crippen LogP contribution in [0.4, 0.5) is 15.8 Å². The molecule has 0 heterocycles. The summed E-state index contributed by atoms with van der Waals surface area (Å²) in [5, 5.41) is 0. The molecule has 2 nitrogen and oxygen atoms in total. The summed E-state index contributed by atoms with van der Waals surface area (Å²) in [7, 11) is 0. The Hall–Kier alpha value is -1.25. The lowest BCUT2D eigenvalue weighted by Crippen LogP contribution is -2.33. The maximum absolute atomic E-state index is 13.3. The highest BCUT2D eigenvalue weighted by molar-refractivity contribution is 5.68. The first-order valence-corrected chi connectivity index (χ1v) is 5.42. The molecule has 0 aliphatic heterocycles. The van der Waals surface area contributed by atoms with Gasteiger partial charge in [-0.1, -0.05) is 13.0 Å². The first-order chi connectivity index (χ1) is 7.11. The van der Waals surface area contributed by atoms with Gasteiger partial charge in [-0.15, -0.1) is 0 Å². The number of para-hydroxylation sites is 1. The number of halogens is 1. The number of nitrogen functional groups attached to an aromatic ring is 1. The maximum Gasteiger partial charge on any atom is 0.148 e. The van der Waals surface area contributed by atoms with E-state index in [0.29, 0.717) is 6.04 Å². The molecule has 1 atom stereocenters. The zero-order valence-electron chi connectivity index (χ0n) is 9.63. The highest BCUT2D eigenvalue weighted by atomic mass is 19.1. The van der Waals surface area contributed by atoms with Gasteiger partial charge < -0.3 is 10.6 Å². The van der Waals surface area contributed by atoms with Gasteiger partial charge in [0.1, 0.15) is 5.82 Å². The average molecular weight is 210 g/mol. The van der Waals surface area contributed by atoms with Gasteiger partial charge >= 0.3 is 0 Å². The van der Waals surface area contributed by atoms with Crippen LogP contribution in [0, 0.1) is 5.82 Å². The summed E-state index contributed by atoms with van der Waals surface area (Å²) in [6.45, 7) is 7.12. The summed E-state index contributed by atoms with van der Waals surface area (Å²) in [4.78, 5) is 2.12. The van der Waals surface area contributed by atoms with Crippen LogP contribution < -0.4 is 10.6 Å². The van der Waals surface area contributed by atoms with Gasteiger partial charge in [0.2, 0.25) is 0 Å². The Morgan fingerprint density at radius 2 is 2.07 bits per heavy atom. The van der Waals surface area contributed by atoms with Gasteiger partial charge in [0.15, 0.2) is 0 Å². The Bertz CT molecular complexity index is 325. The van der Waals surface area contributed by atoms with E-state index in [1.165, 1.54) is 6.07 Å². The molecule has 0 spiro atoms. The topological polar surface area (TPSA) is 29.3 Å². The zero-order chi connectivity index (χ0) is 11.4. The highest BCUT2D eigenvalue weighted by Gasteiger charge is 2.15. The van der Waals surface area contributed by atoms with Crippen LogP contribution in [0.3, 0.4) is 0 Å². The van der Waals surface area contributed by atoms with E-state index >= 15 is 0 Å². The second kappa shape index (κ2) is 5.01. The Kier molecular flexibility index (Phi) is 3.95. The lowest BCUT2D eigenvalue weighted by atomic mass is 10.1. The van der Waals surface area contributed by atoms with Crippen molar-refractivity contribution in [2.45, 2.75) is 33.2 Å². The van der Waals surface area contributed by atoms with Crippen LogP contribution in [0.15, 0.2) is 18.2 Å². The van der Waals surface area contributed by atoms with Crippen molar-refractivity contribution >= 4 is 11.4 Å². The number of nitrogens with two attached hydrogens (primary N) is 1. The average Bonchev–Trinajstić information content (AvgIpc) is 2.24. The van der Waals surface area contributed by atoms with Crippen molar-refractivity contribution in [3.63, 3.8) is 0 Å². The second-order valence-electron chi connectivity index (χ2n) is 3.72. The van der Waals surface area contributed by atoms with Gasteiger partial charge in [-0.3, -0.25) is 0 Å². The fraction of sp³-hybridized carbons (Fsp3) is 0.500. The Morgan fingerprint density at radius 3 is 2.60 bits per heavy atom. The molecule has 1 unspecified atom stereocenters. The van der Waals surface area contributed by atoms with E-state index in [4.69, 9.17) is 5.73 Å². The van der Waals surface area contributed by atoms with E-state index in [0.717, 1.165) is 18.7 Å².